The van der Waals surface area contributed by atoms with Crippen LogP contribution in [0.1, 0.15) is 25.5 Å². The first kappa shape index (κ1) is 17.0. The molecule has 132 valence electrons. The zero-order valence-corrected chi connectivity index (χ0v) is 13.6. The second-order valence-corrected chi connectivity index (χ2v) is 5.69. The van der Waals surface area contributed by atoms with Gasteiger partial charge in [-0.25, -0.2) is 15.0 Å². The van der Waals surface area contributed by atoms with Crippen molar-refractivity contribution in [3.63, 3.8) is 0 Å². The van der Waals surface area contributed by atoms with E-state index in [9.17, 15) is 13.2 Å². The van der Waals surface area contributed by atoms with E-state index >= 15 is 0 Å². The fourth-order valence-electron chi connectivity index (χ4n) is 2.35. The van der Waals surface area contributed by atoms with E-state index in [4.69, 9.17) is 0 Å². The lowest BCUT2D eigenvalue weighted by Crippen LogP contribution is -2.17. The van der Waals surface area contributed by atoms with Crippen LogP contribution < -0.4 is 10.1 Å². The SMILES string of the molecule is CC(C)n1cnc2c(NCc3ccc(OC(F)(F)F)cc3)ncnc21. The minimum atomic E-state index is -4.69. The summed E-state index contributed by atoms with van der Waals surface area (Å²) in [5.41, 5.74) is 2.15. The van der Waals surface area contributed by atoms with E-state index in [0.29, 0.717) is 17.9 Å². The summed E-state index contributed by atoms with van der Waals surface area (Å²) in [6.45, 7) is 4.44. The molecule has 0 saturated carbocycles. The standard InChI is InChI=1S/C16H16F3N5O/c1-10(2)24-9-23-13-14(21-8-22-15(13)24)20-7-11-3-5-12(6-4-11)25-16(17,18)19/h3-6,8-10H,7H2,1-2H3,(H,20,21,22). The minimum absolute atomic E-state index is 0.217. The van der Waals surface area contributed by atoms with Crippen LogP contribution in [0.3, 0.4) is 0 Å². The van der Waals surface area contributed by atoms with E-state index in [1.807, 2.05) is 18.4 Å². The number of anilines is 1. The Labute approximate surface area is 141 Å². The number of alkyl halides is 3. The molecule has 9 heteroatoms. The molecule has 3 aromatic rings. The molecule has 2 heterocycles. The van der Waals surface area contributed by atoms with E-state index in [2.05, 4.69) is 25.0 Å². The Kier molecular flexibility index (Phi) is 4.47. The topological polar surface area (TPSA) is 64.9 Å². The van der Waals surface area contributed by atoms with Gasteiger partial charge in [-0.2, -0.15) is 0 Å². The van der Waals surface area contributed by atoms with Crippen molar-refractivity contribution >= 4 is 17.0 Å². The van der Waals surface area contributed by atoms with E-state index in [0.717, 1.165) is 11.2 Å². The third-order valence-corrected chi connectivity index (χ3v) is 3.53. The average molecular weight is 351 g/mol. The van der Waals surface area contributed by atoms with Crippen LogP contribution in [0.2, 0.25) is 0 Å². The number of halogens is 3. The molecule has 0 atom stereocenters. The number of nitrogens with zero attached hydrogens (tertiary/aromatic N) is 4. The summed E-state index contributed by atoms with van der Waals surface area (Å²) in [5, 5.41) is 3.13. The second-order valence-electron chi connectivity index (χ2n) is 5.69. The van der Waals surface area contributed by atoms with Crippen molar-refractivity contribution in [3.05, 3.63) is 42.5 Å². The number of nitrogens with one attached hydrogen (secondary N) is 1. The molecule has 0 aliphatic carbocycles. The number of hydrogen-bond donors (Lipinski definition) is 1. The lowest BCUT2D eigenvalue weighted by Gasteiger charge is -2.10. The molecule has 0 unspecified atom stereocenters. The van der Waals surface area contributed by atoms with Gasteiger partial charge in [0.1, 0.15) is 17.6 Å². The molecule has 1 N–H and O–H groups in total. The largest absolute Gasteiger partial charge is 0.573 e. The lowest BCUT2D eigenvalue weighted by molar-refractivity contribution is -0.274. The second kappa shape index (κ2) is 6.58. The molecule has 0 radical (unpaired) electrons. The number of hydrogen-bond acceptors (Lipinski definition) is 5. The predicted octanol–water partition coefficient (Wildman–Crippen LogP) is 3.92. The Balaban J connectivity index is 1.73. The summed E-state index contributed by atoms with van der Waals surface area (Å²) in [6.07, 6.45) is -1.54. The molecule has 25 heavy (non-hydrogen) atoms. The first-order chi connectivity index (χ1) is 11.8. The van der Waals surface area contributed by atoms with Crippen molar-refractivity contribution in [1.82, 2.24) is 19.5 Å². The summed E-state index contributed by atoms with van der Waals surface area (Å²) in [4.78, 5) is 12.8. The van der Waals surface area contributed by atoms with Gasteiger partial charge in [0.25, 0.3) is 0 Å². The van der Waals surface area contributed by atoms with Crippen LogP contribution in [0, 0.1) is 0 Å². The Morgan fingerprint density at radius 1 is 1.12 bits per heavy atom. The van der Waals surface area contributed by atoms with Gasteiger partial charge in [0.05, 0.1) is 6.33 Å². The lowest BCUT2D eigenvalue weighted by atomic mass is 10.2. The van der Waals surface area contributed by atoms with Crippen molar-refractivity contribution in [2.75, 3.05) is 5.32 Å². The molecular formula is C16H16F3N5O. The van der Waals surface area contributed by atoms with E-state index in [-0.39, 0.29) is 11.8 Å². The summed E-state index contributed by atoms with van der Waals surface area (Å²) in [5.74, 6) is 0.316. The van der Waals surface area contributed by atoms with E-state index < -0.39 is 6.36 Å². The highest BCUT2D eigenvalue weighted by molar-refractivity contribution is 5.82. The minimum Gasteiger partial charge on any atom is -0.406 e. The van der Waals surface area contributed by atoms with Crippen LogP contribution in [0.5, 0.6) is 5.75 Å². The van der Waals surface area contributed by atoms with Crippen molar-refractivity contribution < 1.29 is 17.9 Å². The quantitative estimate of drug-likeness (QED) is 0.755. The van der Waals surface area contributed by atoms with Crippen LogP contribution in [-0.2, 0) is 6.54 Å². The number of imidazole rings is 1. The maximum atomic E-state index is 12.2. The Bertz CT molecular complexity index is 858. The third kappa shape index (κ3) is 3.98. The molecule has 0 bridgehead atoms. The molecule has 3 rings (SSSR count). The molecule has 2 aromatic heterocycles. The van der Waals surface area contributed by atoms with Gasteiger partial charge < -0.3 is 14.6 Å². The molecule has 0 amide bonds. The Morgan fingerprint density at radius 2 is 1.84 bits per heavy atom. The third-order valence-electron chi connectivity index (χ3n) is 3.53. The van der Waals surface area contributed by atoms with Gasteiger partial charge in [-0.15, -0.1) is 13.2 Å². The van der Waals surface area contributed by atoms with Crippen LogP contribution in [0.15, 0.2) is 36.9 Å². The number of ether oxygens (including phenoxy) is 1. The van der Waals surface area contributed by atoms with Gasteiger partial charge in [0.15, 0.2) is 11.5 Å². The zero-order chi connectivity index (χ0) is 18.0. The fourth-order valence-corrected chi connectivity index (χ4v) is 2.35. The molecule has 0 spiro atoms. The summed E-state index contributed by atoms with van der Waals surface area (Å²) in [6, 6.07) is 5.87. The molecule has 0 aliphatic heterocycles. The van der Waals surface area contributed by atoms with Crippen molar-refractivity contribution in [2.45, 2.75) is 32.8 Å². The highest BCUT2D eigenvalue weighted by atomic mass is 19.4. The smallest absolute Gasteiger partial charge is 0.406 e. The van der Waals surface area contributed by atoms with Gasteiger partial charge >= 0.3 is 6.36 Å². The molecular weight excluding hydrogens is 335 g/mol. The van der Waals surface area contributed by atoms with Crippen LogP contribution in [0.4, 0.5) is 19.0 Å². The van der Waals surface area contributed by atoms with E-state index in [1.165, 1.54) is 18.5 Å². The zero-order valence-electron chi connectivity index (χ0n) is 13.6. The molecule has 0 aliphatic rings. The summed E-state index contributed by atoms with van der Waals surface area (Å²) in [7, 11) is 0. The van der Waals surface area contributed by atoms with Gasteiger partial charge in [-0.05, 0) is 31.5 Å². The Hall–Kier alpha value is -2.84. The number of aromatic nitrogens is 4. The maximum absolute atomic E-state index is 12.2. The molecule has 6 nitrogen and oxygen atoms in total. The summed E-state index contributed by atoms with van der Waals surface area (Å²) >= 11 is 0. The first-order valence-electron chi connectivity index (χ1n) is 7.59. The van der Waals surface area contributed by atoms with Crippen LogP contribution >= 0.6 is 0 Å². The van der Waals surface area contributed by atoms with Gasteiger partial charge in [-0.3, -0.25) is 0 Å². The van der Waals surface area contributed by atoms with E-state index in [1.54, 1.807) is 18.5 Å². The molecule has 0 saturated heterocycles. The van der Waals surface area contributed by atoms with Crippen LogP contribution in [-0.4, -0.2) is 25.9 Å². The highest BCUT2D eigenvalue weighted by Crippen LogP contribution is 2.24. The number of fused-ring (bicyclic) bond motifs is 1. The number of benzene rings is 1. The monoisotopic (exact) mass is 351 g/mol. The van der Waals surface area contributed by atoms with Gasteiger partial charge in [-0.1, -0.05) is 12.1 Å². The highest BCUT2D eigenvalue weighted by Gasteiger charge is 2.30. The maximum Gasteiger partial charge on any atom is 0.573 e. The number of rotatable bonds is 5. The molecule has 0 fully saturated rings. The fraction of sp³-hybridized carbons (Fsp3) is 0.312. The van der Waals surface area contributed by atoms with Crippen LogP contribution in [0.25, 0.3) is 11.2 Å². The van der Waals surface area contributed by atoms with Crippen molar-refractivity contribution in [2.24, 2.45) is 0 Å². The summed E-state index contributed by atoms with van der Waals surface area (Å²) < 4.78 is 42.3. The molecule has 1 aromatic carbocycles. The van der Waals surface area contributed by atoms with Crippen molar-refractivity contribution in [3.8, 4) is 5.75 Å². The first-order valence-corrected chi connectivity index (χ1v) is 7.59. The Morgan fingerprint density at radius 3 is 2.48 bits per heavy atom. The van der Waals surface area contributed by atoms with Gasteiger partial charge in [0, 0.05) is 12.6 Å². The average Bonchev–Trinajstić information content (AvgIpc) is 2.97. The predicted molar refractivity (Wildman–Crippen MR) is 86.2 cm³/mol. The van der Waals surface area contributed by atoms with Gasteiger partial charge in [0.2, 0.25) is 0 Å². The normalized spacial score (nSPS) is 11.9. The van der Waals surface area contributed by atoms with Crippen molar-refractivity contribution in [1.29, 1.82) is 0 Å².